The number of benzene rings is 1. The van der Waals surface area contributed by atoms with Crippen LogP contribution in [-0.4, -0.2) is 29.8 Å². The van der Waals surface area contributed by atoms with E-state index in [2.05, 4.69) is 0 Å². The first kappa shape index (κ1) is 13.3. The first-order chi connectivity index (χ1) is 8.61. The van der Waals surface area contributed by atoms with Gasteiger partial charge in [0, 0.05) is 24.5 Å². The minimum absolute atomic E-state index is 0.0657. The smallest absolute Gasteiger partial charge is 0.254 e. The summed E-state index contributed by atoms with van der Waals surface area (Å²) in [6.45, 7) is 3.32. The molecule has 1 heterocycles. The monoisotopic (exact) mass is 269 g/mol. The Morgan fingerprint density at radius 1 is 1.56 bits per heavy atom. The molecule has 0 spiro atoms. The van der Waals surface area contributed by atoms with E-state index in [1.54, 1.807) is 11.0 Å². The fourth-order valence-corrected chi connectivity index (χ4v) is 2.71. The number of carbonyl (C=O) groups excluding carboxylic acids is 1. The van der Waals surface area contributed by atoms with Gasteiger partial charge in [0.1, 0.15) is 5.82 Å². The summed E-state index contributed by atoms with van der Waals surface area (Å²) in [6.07, 6.45) is 1.93. The van der Waals surface area contributed by atoms with Crippen molar-refractivity contribution < 1.29 is 9.18 Å². The van der Waals surface area contributed by atoms with E-state index in [1.807, 2.05) is 6.92 Å². The highest BCUT2D eigenvalue weighted by atomic mass is 35.5. The Kier molecular flexibility index (Phi) is 4.23. The Hall–Kier alpha value is -1.09. The van der Waals surface area contributed by atoms with Gasteiger partial charge in [-0.25, -0.2) is 4.39 Å². The molecule has 1 unspecified atom stereocenters. The van der Waals surface area contributed by atoms with Gasteiger partial charge in [-0.1, -0.05) is 6.07 Å². The number of halogens is 2. The molecule has 4 heteroatoms. The maximum absolute atomic E-state index is 13.2. The summed E-state index contributed by atoms with van der Waals surface area (Å²) in [7, 11) is 0. The van der Waals surface area contributed by atoms with Crippen molar-refractivity contribution in [2.75, 3.05) is 19.0 Å². The second-order valence-electron chi connectivity index (χ2n) is 4.84. The highest BCUT2D eigenvalue weighted by molar-refractivity contribution is 6.17. The van der Waals surface area contributed by atoms with Crippen molar-refractivity contribution in [3.8, 4) is 0 Å². The van der Waals surface area contributed by atoms with E-state index in [0.717, 1.165) is 31.5 Å². The molecule has 1 saturated heterocycles. The molecular formula is C14H17ClFNO. The number of hydrogen-bond acceptors (Lipinski definition) is 1. The number of likely N-dealkylation sites (tertiary alicyclic amines) is 1. The summed E-state index contributed by atoms with van der Waals surface area (Å²) in [4.78, 5) is 14.1. The zero-order valence-electron chi connectivity index (χ0n) is 10.5. The third kappa shape index (κ3) is 2.83. The second-order valence-corrected chi connectivity index (χ2v) is 5.22. The Morgan fingerprint density at radius 2 is 2.33 bits per heavy atom. The van der Waals surface area contributed by atoms with E-state index in [4.69, 9.17) is 11.6 Å². The van der Waals surface area contributed by atoms with E-state index in [1.165, 1.54) is 12.1 Å². The molecule has 1 amide bonds. The van der Waals surface area contributed by atoms with Crippen LogP contribution in [0.2, 0.25) is 0 Å². The molecule has 98 valence electrons. The lowest BCUT2D eigenvalue weighted by atomic mass is 10.1. The molecular weight excluding hydrogens is 253 g/mol. The molecule has 0 aromatic heterocycles. The summed E-state index contributed by atoms with van der Waals surface area (Å²) in [5.74, 6) is 0.691. The van der Waals surface area contributed by atoms with E-state index in [-0.39, 0.29) is 11.7 Å². The van der Waals surface area contributed by atoms with Crippen LogP contribution in [0, 0.1) is 18.7 Å². The van der Waals surface area contributed by atoms with Crippen molar-refractivity contribution in [1.29, 1.82) is 0 Å². The lowest BCUT2D eigenvalue weighted by molar-refractivity contribution is 0.0785. The summed E-state index contributed by atoms with van der Waals surface area (Å²) in [5.41, 5.74) is 1.30. The van der Waals surface area contributed by atoms with Crippen LogP contribution < -0.4 is 0 Å². The third-order valence-electron chi connectivity index (χ3n) is 3.52. The molecule has 1 aliphatic rings. The average Bonchev–Trinajstić information content (AvgIpc) is 2.80. The Labute approximate surface area is 112 Å². The summed E-state index contributed by atoms with van der Waals surface area (Å²) in [6, 6.07) is 4.35. The van der Waals surface area contributed by atoms with E-state index >= 15 is 0 Å². The molecule has 1 aromatic rings. The largest absolute Gasteiger partial charge is 0.338 e. The van der Waals surface area contributed by atoms with Crippen LogP contribution in [0.4, 0.5) is 4.39 Å². The van der Waals surface area contributed by atoms with Gasteiger partial charge in [-0.15, -0.1) is 11.6 Å². The van der Waals surface area contributed by atoms with Crippen molar-refractivity contribution in [1.82, 2.24) is 4.90 Å². The normalized spacial score (nSPS) is 19.3. The van der Waals surface area contributed by atoms with Gasteiger partial charge >= 0.3 is 0 Å². The highest BCUT2D eigenvalue weighted by Gasteiger charge is 2.27. The number of alkyl halides is 1. The maximum atomic E-state index is 13.2. The number of hydrogen-bond donors (Lipinski definition) is 0. The molecule has 0 bridgehead atoms. The van der Waals surface area contributed by atoms with E-state index < -0.39 is 0 Å². The van der Waals surface area contributed by atoms with Crippen LogP contribution in [0.1, 0.15) is 28.8 Å². The molecule has 18 heavy (non-hydrogen) atoms. The SMILES string of the molecule is Cc1ccc(F)cc1C(=O)N1CCC(CCCl)C1. The van der Waals surface area contributed by atoms with Crippen molar-refractivity contribution in [3.05, 3.63) is 35.1 Å². The quantitative estimate of drug-likeness (QED) is 0.772. The molecule has 0 radical (unpaired) electrons. The molecule has 0 N–H and O–H groups in total. The third-order valence-corrected chi connectivity index (χ3v) is 3.74. The molecule has 1 atom stereocenters. The van der Waals surface area contributed by atoms with Gasteiger partial charge < -0.3 is 4.90 Å². The Morgan fingerprint density at radius 3 is 3.06 bits per heavy atom. The zero-order chi connectivity index (χ0) is 13.1. The lowest BCUT2D eigenvalue weighted by Gasteiger charge is -2.17. The molecule has 0 saturated carbocycles. The van der Waals surface area contributed by atoms with Gasteiger partial charge in [0.25, 0.3) is 5.91 Å². The number of nitrogens with zero attached hydrogens (tertiary/aromatic N) is 1. The fourth-order valence-electron chi connectivity index (χ4n) is 2.40. The first-order valence-corrected chi connectivity index (χ1v) is 6.76. The predicted molar refractivity (Wildman–Crippen MR) is 70.5 cm³/mol. The van der Waals surface area contributed by atoms with Crippen LogP contribution in [0.15, 0.2) is 18.2 Å². The first-order valence-electron chi connectivity index (χ1n) is 6.23. The Balaban J connectivity index is 2.10. The average molecular weight is 270 g/mol. The topological polar surface area (TPSA) is 20.3 Å². The molecule has 0 aliphatic carbocycles. The Bertz CT molecular complexity index is 449. The minimum atomic E-state index is -0.361. The van der Waals surface area contributed by atoms with E-state index in [0.29, 0.717) is 17.4 Å². The number of aryl methyl sites for hydroxylation is 1. The van der Waals surface area contributed by atoms with Gasteiger partial charge in [0.15, 0.2) is 0 Å². The molecule has 2 nitrogen and oxygen atoms in total. The van der Waals surface area contributed by atoms with Gasteiger partial charge in [-0.05, 0) is 43.4 Å². The van der Waals surface area contributed by atoms with Gasteiger partial charge in [0.05, 0.1) is 0 Å². The standard InChI is InChI=1S/C14H17ClFNO/c1-10-2-3-12(16)8-13(10)14(18)17-7-5-11(9-17)4-6-15/h2-3,8,11H,4-7,9H2,1H3. The van der Waals surface area contributed by atoms with Crippen LogP contribution in [0.5, 0.6) is 0 Å². The van der Waals surface area contributed by atoms with Crippen molar-refractivity contribution in [3.63, 3.8) is 0 Å². The van der Waals surface area contributed by atoms with Crippen molar-refractivity contribution in [2.24, 2.45) is 5.92 Å². The van der Waals surface area contributed by atoms with Gasteiger partial charge in [0.2, 0.25) is 0 Å². The van der Waals surface area contributed by atoms with Crippen LogP contribution in [-0.2, 0) is 0 Å². The highest BCUT2D eigenvalue weighted by Crippen LogP contribution is 2.23. The summed E-state index contributed by atoms with van der Waals surface area (Å²) in [5, 5.41) is 0. The fraction of sp³-hybridized carbons (Fsp3) is 0.500. The number of carbonyl (C=O) groups is 1. The maximum Gasteiger partial charge on any atom is 0.254 e. The van der Waals surface area contributed by atoms with Crippen LogP contribution in [0.25, 0.3) is 0 Å². The second kappa shape index (κ2) is 5.70. The number of rotatable bonds is 3. The lowest BCUT2D eigenvalue weighted by Crippen LogP contribution is -2.29. The summed E-state index contributed by atoms with van der Waals surface area (Å²) >= 11 is 5.72. The van der Waals surface area contributed by atoms with Crippen LogP contribution in [0.3, 0.4) is 0 Å². The molecule has 1 aliphatic heterocycles. The van der Waals surface area contributed by atoms with Gasteiger partial charge in [-0.2, -0.15) is 0 Å². The van der Waals surface area contributed by atoms with Crippen molar-refractivity contribution in [2.45, 2.75) is 19.8 Å². The zero-order valence-corrected chi connectivity index (χ0v) is 11.2. The molecule has 1 fully saturated rings. The molecule has 1 aromatic carbocycles. The van der Waals surface area contributed by atoms with Gasteiger partial charge in [-0.3, -0.25) is 4.79 Å². The van der Waals surface area contributed by atoms with E-state index in [9.17, 15) is 9.18 Å². The van der Waals surface area contributed by atoms with Crippen LogP contribution >= 0.6 is 11.6 Å². The minimum Gasteiger partial charge on any atom is -0.338 e. The predicted octanol–water partition coefficient (Wildman–Crippen LogP) is 3.23. The van der Waals surface area contributed by atoms with Crippen molar-refractivity contribution >= 4 is 17.5 Å². The summed E-state index contributed by atoms with van der Waals surface area (Å²) < 4.78 is 13.2. The molecule has 2 rings (SSSR count). The number of amides is 1.